The molecule has 2 aromatic rings. The van der Waals surface area contributed by atoms with Gasteiger partial charge in [-0.2, -0.15) is 4.98 Å². The van der Waals surface area contributed by atoms with Gasteiger partial charge in [0.25, 0.3) is 5.91 Å². The van der Waals surface area contributed by atoms with E-state index in [4.69, 9.17) is 0 Å². The molecule has 1 unspecified atom stereocenters. The summed E-state index contributed by atoms with van der Waals surface area (Å²) in [4.78, 5) is 31.2. The lowest BCUT2D eigenvalue weighted by Gasteiger charge is -2.38. The summed E-state index contributed by atoms with van der Waals surface area (Å²) in [6, 6.07) is 11.1. The Morgan fingerprint density at radius 2 is 1.92 bits per heavy atom. The number of hydrogen-bond donors (Lipinski definition) is 3. The summed E-state index contributed by atoms with van der Waals surface area (Å²) in [5.74, 6) is -0.211. The van der Waals surface area contributed by atoms with Crippen LogP contribution in [0, 0.1) is 5.92 Å². The van der Waals surface area contributed by atoms with Crippen LogP contribution in [0.2, 0.25) is 0 Å². The molecule has 1 saturated carbocycles. The van der Waals surface area contributed by atoms with Crippen molar-refractivity contribution in [1.29, 1.82) is 0 Å². The monoisotopic (exact) mass is 355 g/mol. The zero-order chi connectivity index (χ0) is 18.9. The van der Waals surface area contributed by atoms with E-state index in [2.05, 4.69) is 15.3 Å². The quantitative estimate of drug-likeness (QED) is 0.784. The molecule has 0 saturated heterocycles. The highest BCUT2D eigenvalue weighted by atomic mass is 16.3. The van der Waals surface area contributed by atoms with Gasteiger partial charge in [0.05, 0.1) is 12.1 Å². The van der Waals surface area contributed by atoms with Crippen molar-refractivity contribution < 1.29 is 9.90 Å². The van der Waals surface area contributed by atoms with Crippen LogP contribution in [0.25, 0.3) is 0 Å². The topological polar surface area (TPSA) is 95.1 Å². The highest BCUT2D eigenvalue weighted by molar-refractivity contribution is 5.92. The van der Waals surface area contributed by atoms with Gasteiger partial charge in [0.1, 0.15) is 5.69 Å². The minimum absolute atomic E-state index is 0.111. The molecule has 138 valence electrons. The molecule has 0 radical (unpaired) electrons. The lowest BCUT2D eigenvalue weighted by Crippen LogP contribution is -2.42. The summed E-state index contributed by atoms with van der Waals surface area (Å²) >= 11 is 0. The van der Waals surface area contributed by atoms with Gasteiger partial charge in [0, 0.05) is 11.1 Å². The second kappa shape index (κ2) is 7.03. The molecule has 1 fully saturated rings. The van der Waals surface area contributed by atoms with Crippen molar-refractivity contribution in [3.63, 3.8) is 0 Å². The van der Waals surface area contributed by atoms with Gasteiger partial charge in [0.15, 0.2) is 0 Å². The fourth-order valence-electron chi connectivity index (χ4n) is 3.23. The molecule has 0 spiro atoms. The lowest BCUT2D eigenvalue weighted by molar-refractivity contribution is 0.0234. The number of aliphatic hydroxyl groups is 1. The number of nitrogens with zero attached hydrogens (tertiary/aromatic N) is 1. The smallest absolute Gasteiger partial charge is 0.345 e. The van der Waals surface area contributed by atoms with Gasteiger partial charge in [-0.05, 0) is 30.4 Å². The van der Waals surface area contributed by atoms with Gasteiger partial charge < -0.3 is 15.4 Å². The zero-order valence-electron chi connectivity index (χ0n) is 15.3. The lowest BCUT2D eigenvalue weighted by atomic mass is 9.75. The molecule has 6 nitrogen and oxygen atoms in total. The summed E-state index contributed by atoms with van der Waals surface area (Å²) in [6.45, 7) is 5.88. The van der Waals surface area contributed by atoms with Crippen LogP contribution in [0.15, 0.2) is 41.2 Å². The number of amides is 1. The minimum Gasteiger partial charge on any atom is -0.393 e. The molecular weight excluding hydrogens is 330 g/mol. The minimum atomic E-state index is -0.530. The predicted molar refractivity (Wildman–Crippen MR) is 98.9 cm³/mol. The third kappa shape index (κ3) is 4.02. The number of carbonyl (C=O) groups excluding carboxylic acids is 1. The molecule has 3 rings (SSSR count). The van der Waals surface area contributed by atoms with Gasteiger partial charge in [-0.25, -0.2) is 4.79 Å². The van der Waals surface area contributed by atoms with E-state index >= 15 is 0 Å². The Balaban J connectivity index is 1.87. The highest BCUT2D eigenvalue weighted by Crippen LogP contribution is 2.38. The number of hydrogen-bond acceptors (Lipinski definition) is 4. The first-order chi connectivity index (χ1) is 12.2. The van der Waals surface area contributed by atoms with Crippen molar-refractivity contribution in [3.8, 4) is 0 Å². The largest absolute Gasteiger partial charge is 0.393 e. The number of nitrogens with one attached hydrogen (secondary N) is 2. The standard InChI is InChI=1S/C20H25N3O3/c1-20(2,3)16-11-15(21-19(26)22-16)18(25)23-17(13-9-14(24)10-13)12-7-5-4-6-8-12/h4-8,11,13-14,17,24H,9-10H2,1-3H3,(H,23,25)(H,21,22,26). The fourth-order valence-corrected chi connectivity index (χ4v) is 3.23. The van der Waals surface area contributed by atoms with Crippen molar-refractivity contribution in [2.24, 2.45) is 5.92 Å². The molecular formula is C20H25N3O3. The summed E-state index contributed by atoms with van der Waals surface area (Å²) in [5, 5.41) is 12.7. The summed E-state index contributed by atoms with van der Waals surface area (Å²) in [6.07, 6.45) is 0.986. The molecule has 1 heterocycles. The Labute approximate surface area is 152 Å². The van der Waals surface area contributed by atoms with Crippen LogP contribution in [-0.2, 0) is 5.41 Å². The van der Waals surface area contributed by atoms with Crippen LogP contribution < -0.4 is 11.0 Å². The molecule has 3 N–H and O–H groups in total. The Morgan fingerprint density at radius 1 is 1.27 bits per heavy atom. The summed E-state index contributed by atoms with van der Waals surface area (Å²) in [5.41, 5.74) is 0.933. The third-order valence-corrected chi connectivity index (χ3v) is 4.85. The van der Waals surface area contributed by atoms with Gasteiger partial charge >= 0.3 is 5.69 Å². The van der Waals surface area contributed by atoms with E-state index in [1.165, 1.54) is 0 Å². The van der Waals surface area contributed by atoms with Crippen molar-refractivity contribution in [1.82, 2.24) is 15.3 Å². The molecule has 1 aromatic carbocycles. The first kappa shape index (κ1) is 18.3. The van der Waals surface area contributed by atoms with E-state index in [-0.39, 0.29) is 35.1 Å². The second-order valence-corrected chi connectivity index (χ2v) is 7.98. The number of carbonyl (C=O) groups is 1. The number of benzene rings is 1. The maximum Gasteiger partial charge on any atom is 0.345 e. The van der Waals surface area contributed by atoms with E-state index in [0.717, 1.165) is 5.56 Å². The predicted octanol–water partition coefficient (Wildman–Crippen LogP) is 2.31. The van der Waals surface area contributed by atoms with Crippen LogP contribution in [-0.4, -0.2) is 27.1 Å². The van der Waals surface area contributed by atoms with Crippen molar-refractivity contribution in [2.45, 2.75) is 51.2 Å². The van der Waals surface area contributed by atoms with Crippen LogP contribution >= 0.6 is 0 Å². The molecule has 1 atom stereocenters. The number of aromatic amines is 1. The van der Waals surface area contributed by atoms with Gasteiger partial charge in [-0.15, -0.1) is 0 Å². The maximum absolute atomic E-state index is 12.8. The van der Waals surface area contributed by atoms with Gasteiger partial charge in [-0.3, -0.25) is 4.79 Å². The second-order valence-electron chi connectivity index (χ2n) is 7.98. The summed E-state index contributed by atoms with van der Waals surface area (Å²) in [7, 11) is 0. The first-order valence-electron chi connectivity index (χ1n) is 8.90. The van der Waals surface area contributed by atoms with Crippen molar-refractivity contribution >= 4 is 5.91 Å². The first-order valence-corrected chi connectivity index (χ1v) is 8.90. The number of aromatic nitrogens is 2. The average Bonchev–Trinajstić information content (AvgIpc) is 2.56. The van der Waals surface area contributed by atoms with Gasteiger partial charge in [-0.1, -0.05) is 51.1 Å². The van der Waals surface area contributed by atoms with E-state index < -0.39 is 5.69 Å². The molecule has 6 heteroatoms. The zero-order valence-corrected chi connectivity index (χ0v) is 15.3. The van der Waals surface area contributed by atoms with Gasteiger partial charge in [0.2, 0.25) is 0 Å². The van der Waals surface area contributed by atoms with E-state index in [1.807, 2.05) is 51.1 Å². The molecule has 1 aliphatic rings. The maximum atomic E-state index is 12.8. The van der Waals surface area contributed by atoms with E-state index in [0.29, 0.717) is 18.5 Å². The molecule has 0 bridgehead atoms. The molecule has 1 amide bonds. The molecule has 0 aliphatic heterocycles. The van der Waals surface area contributed by atoms with Crippen molar-refractivity contribution in [3.05, 3.63) is 63.8 Å². The van der Waals surface area contributed by atoms with Crippen LogP contribution in [0.3, 0.4) is 0 Å². The molecule has 1 aliphatic carbocycles. The number of H-pyrrole nitrogens is 1. The Morgan fingerprint density at radius 3 is 2.50 bits per heavy atom. The van der Waals surface area contributed by atoms with E-state index in [1.54, 1.807) is 6.07 Å². The Hall–Kier alpha value is -2.47. The SMILES string of the molecule is CC(C)(C)c1cc(C(=O)NC(c2ccccc2)C2CC(O)C2)nc(=O)[nH]1. The Kier molecular flexibility index (Phi) is 4.96. The van der Waals surface area contributed by atoms with Crippen LogP contribution in [0.4, 0.5) is 0 Å². The molecule has 26 heavy (non-hydrogen) atoms. The normalized spacial score (nSPS) is 20.9. The van der Waals surface area contributed by atoms with E-state index in [9.17, 15) is 14.7 Å². The Bertz CT molecular complexity index is 833. The molecule has 1 aromatic heterocycles. The highest BCUT2D eigenvalue weighted by Gasteiger charge is 2.36. The number of aliphatic hydroxyl groups excluding tert-OH is 1. The van der Waals surface area contributed by atoms with Crippen LogP contribution in [0.1, 0.15) is 61.4 Å². The van der Waals surface area contributed by atoms with Crippen molar-refractivity contribution in [2.75, 3.05) is 0 Å². The fraction of sp³-hybridized carbons (Fsp3) is 0.450. The third-order valence-electron chi connectivity index (χ3n) is 4.85. The van der Waals surface area contributed by atoms with Crippen LogP contribution in [0.5, 0.6) is 0 Å². The average molecular weight is 355 g/mol. The number of rotatable bonds is 4. The summed E-state index contributed by atoms with van der Waals surface area (Å²) < 4.78 is 0.